The van der Waals surface area contributed by atoms with E-state index in [9.17, 15) is 0 Å². The molecule has 0 saturated carbocycles. The van der Waals surface area contributed by atoms with Crippen LogP contribution in [0.4, 0.5) is 5.00 Å². The summed E-state index contributed by atoms with van der Waals surface area (Å²) in [6, 6.07) is 7.91. The highest BCUT2D eigenvalue weighted by Gasteiger charge is 2.33. The van der Waals surface area contributed by atoms with Crippen molar-refractivity contribution in [3.8, 4) is 0 Å². The van der Waals surface area contributed by atoms with Crippen molar-refractivity contribution in [3.05, 3.63) is 50.9 Å². The Hall–Kier alpha value is -1.85. The third-order valence-electron chi connectivity index (χ3n) is 4.36. The maximum absolute atomic E-state index is 6.04. The summed E-state index contributed by atoms with van der Waals surface area (Å²) in [7, 11) is 0. The van der Waals surface area contributed by atoms with E-state index in [-0.39, 0.29) is 6.17 Å². The zero-order valence-electron chi connectivity index (χ0n) is 13.2. The molecule has 1 atom stereocenters. The van der Waals surface area contributed by atoms with Crippen LogP contribution in [0.2, 0.25) is 5.02 Å². The fourth-order valence-corrected chi connectivity index (χ4v) is 4.42. The van der Waals surface area contributed by atoms with E-state index >= 15 is 0 Å². The second-order valence-electron chi connectivity index (χ2n) is 5.84. The largest absolute Gasteiger partial charge is 0.296 e. The van der Waals surface area contributed by atoms with Gasteiger partial charge in [0, 0.05) is 21.0 Å². The van der Waals surface area contributed by atoms with Gasteiger partial charge in [0.25, 0.3) is 0 Å². The molecule has 3 heterocycles. The summed E-state index contributed by atoms with van der Waals surface area (Å²) in [5.41, 5.74) is 7.79. The highest BCUT2D eigenvalue weighted by molar-refractivity contribution is 7.17. The van der Waals surface area contributed by atoms with Crippen LogP contribution < -0.4 is 10.3 Å². The van der Waals surface area contributed by atoms with Crippen molar-refractivity contribution in [3.63, 3.8) is 0 Å². The van der Waals surface area contributed by atoms with Crippen molar-refractivity contribution in [1.82, 2.24) is 5.43 Å². The van der Waals surface area contributed by atoms with E-state index in [0.29, 0.717) is 6.54 Å². The van der Waals surface area contributed by atoms with Gasteiger partial charge in [-0.15, -0.1) is 11.3 Å². The Morgan fingerprint density at radius 1 is 1.26 bits per heavy atom. The maximum Gasteiger partial charge on any atom is 0.153 e. The molecule has 2 aliphatic heterocycles. The molecule has 0 radical (unpaired) electrons. The molecule has 1 aromatic carbocycles. The number of halogens is 1. The number of aliphatic imine (C=N–C) groups is 1. The molecule has 118 valence electrons. The van der Waals surface area contributed by atoms with Crippen LogP contribution in [0.1, 0.15) is 28.5 Å². The first-order chi connectivity index (χ1) is 11.1. The number of amidine groups is 1. The first-order valence-electron chi connectivity index (χ1n) is 7.58. The lowest BCUT2D eigenvalue weighted by Gasteiger charge is -2.22. The van der Waals surface area contributed by atoms with Crippen LogP contribution >= 0.6 is 22.9 Å². The molecule has 2 aromatic rings. The summed E-state index contributed by atoms with van der Waals surface area (Å²) in [6.07, 6.45) is 0.154. The van der Waals surface area contributed by atoms with E-state index in [1.165, 1.54) is 21.0 Å². The van der Waals surface area contributed by atoms with Gasteiger partial charge in [0.2, 0.25) is 0 Å². The first kappa shape index (κ1) is 14.7. The number of hydrazone groups is 1. The normalized spacial score (nSPS) is 19.5. The lowest BCUT2D eigenvalue weighted by molar-refractivity contribution is 0.634. The van der Waals surface area contributed by atoms with Crippen molar-refractivity contribution in [2.24, 2.45) is 10.1 Å². The predicted molar refractivity (Wildman–Crippen MR) is 98.3 cm³/mol. The lowest BCUT2D eigenvalue weighted by atomic mass is 10.00. The van der Waals surface area contributed by atoms with E-state index in [2.05, 4.69) is 36.2 Å². The summed E-state index contributed by atoms with van der Waals surface area (Å²) in [4.78, 5) is 8.47. The summed E-state index contributed by atoms with van der Waals surface area (Å²) in [5, 5.41) is 6.41. The highest BCUT2D eigenvalue weighted by Crippen LogP contribution is 2.40. The van der Waals surface area contributed by atoms with Gasteiger partial charge < -0.3 is 0 Å². The summed E-state index contributed by atoms with van der Waals surface area (Å²) in [6.45, 7) is 7.04. The lowest BCUT2D eigenvalue weighted by Crippen LogP contribution is -2.38. The first-order valence-corrected chi connectivity index (χ1v) is 8.78. The zero-order chi connectivity index (χ0) is 16.1. The molecule has 6 heteroatoms. The molecule has 1 aromatic heterocycles. The average molecular weight is 345 g/mol. The predicted octanol–water partition coefficient (Wildman–Crippen LogP) is 3.94. The minimum atomic E-state index is 0.154. The van der Waals surface area contributed by atoms with Crippen molar-refractivity contribution in [2.45, 2.75) is 26.9 Å². The molecule has 1 unspecified atom stereocenters. The second kappa shape index (κ2) is 5.35. The monoisotopic (exact) mass is 344 g/mol. The number of hydrogen-bond acceptors (Lipinski definition) is 5. The molecule has 1 N–H and O–H groups in total. The number of anilines is 1. The number of fused-ring (bicyclic) bond motifs is 3. The van der Waals surface area contributed by atoms with Gasteiger partial charge >= 0.3 is 0 Å². The molecule has 2 aliphatic rings. The standard InChI is InChI=1S/C17H17ClN4S/c1-9-10(2)23-17-15(9)16(12-4-6-13(18)7-5-12)19-8-14-21-20-11(3)22(14)17/h4-7,11,20H,8H2,1-3H3. The van der Waals surface area contributed by atoms with Crippen molar-refractivity contribution < 1.29 is 0 Å². The molecule has 23 heavy (non-hydrogen) atoms. The van der Waals surface area contributed by atoms with E-state index in [0.717, 1.165) is 22.1 Å². The van der Waals surface area contributed by atoms with Gasteiger partial charge in [-0.3, -0.25) is 15.3 Å². The van der Waals surface area contributed by atoms with Gasteiger partial charge in [0.15, 0.2) is 5.84 Å². The number of aryl methyl sites for hydroxylation is 1. The minimum Gasteiger partial charge on any atom is -0.296 e. The molecule has 4 nitrogen and oxygen atoms in total. The number of thiophene rings is 1. The van der Waals surface area contributed by atoms with Crippen LogP contribution in [0, 0.1) is 13.8 Å². The minimum absolute atomic E-state index is 0.154. The summed E-state index contributed by atoms with van der Waals surface area (Å²) >= 11 is 7.85. The van der Waals surface area contributed by atoms with E-state index in [4.69, 9.17) is 16.6 Å². The number of hydrogen-bond donors (Lipinski definition) is 1. The van der Waals surface area contributed by atoms with Gasteiger partial charge in [-0.1, -0.05) is 23.7 Å². The molecule has 0 fully saturated rings. The number of benzene rings is 1. The van der Waals surface area contributed by atoms with Crippen LogP contribution in [-0.2, 0) is 0 Å². The Kier molecular flexibility index (Phi) is 3.43. The Labute approximate surface area is 144 Å². The molecule has 0 amide bonds. The maximum atomic E-state index is 6.04. The average Bonchev–Trinajstić information content (AvgIpc) is 2.97. The Morgan fingerprint density at radius 2 is 2.00 bits per heavy atom. The Morgan fingerprint density at radius 3 is 2.74 bits per heavy atom. The van der Waals surface area contributed by atoms with Gasteiger partial charge in [-0.05, 0) is 38.5 Å². The van der Waals surface area contributed by atoms with E-state index < -0.39 is 0 Å². The molecular formula is C17H17ClN4S. The van der Waals surface area contributed by atoms with Crippen LogP contribution in [-0.4, -0.2) is 24.3 Å². The van der Waals surface area contributed by atoms with Crippen LogP contribution in [0.15, 0.2) is 34.4 Å². The van der Waals surface area contributed by atoms with Gasteiger partial charge in [-0.2, -0.15) is 5.10 Å². The van der Waals surface area contributed by atoms with Crippen LogP contribution in [0.5, 0.6) is 0 Å². The Bertz CT molecular complexity index is 835. The van der Waals surface area contributed by atoms with Crippen molar-refractivity contribution in [1.29, 1.82) is 0 Å². The van der Waals surface area contributed by atoms with Gasteiger partial charge in [0.1, 0.15) is 11.2 Å². The van der Waals surface area contributed by atoms with Gasteiger partial charge in [-0.25, -0.2) is 0 Å². The third-order valence-corrected chi connectivity index (χ3v) is 5.82. The fraction of sp³-hybridized carbons (Fsp3) is 0.294. The molecule has 0 aliphatic carbocycles. The third kappa shape index (κ3) is 2.26. The smallest absolute Gasteiger partial charge is 0.153 e. The van der Waals surface area contributed by atoms with Crippen LogP contribution in [0.3, 0.4) is 0 Å². The summed E-state index contributed by atoms with van der Waals surface area (Å²) < 4.78 is 0. The Balaban J connectivity index is 1.94. The zero-order valence-corrected chi connectivity index (χ0v) is 14.8. The fourth-order valence-electron chi connectivity index (χ4n) is 3.04. The quantitative estimate of drug-likeness (QED) is 0.851. The SMILES string of the molecule is Cc1sc2c(c1C)C(c1ccc(Cl)cc1)=NCC1=NNC(C)N12. The van der Waals surface area contributed by atoms with E-state index in [1.807, 2.05) is 35.6 Å². The number of rotatable bonds is 1. The van der Waals surface area contributed by atoms with Crippen molar-refractivity contribution >= 4 is 39.5 Å². The second-order valence-corrected chi connectivity index (χ2v) is 7.48. The number of nitrogens with one attached hydrogen (secondary N) is 1. The molecular weight excluding hydrogens is 328 g/mol. The number of nitrogens with zero attached hydrogens (tertiary/aromatic N) is 3. The topological polar surface area (TPSA) is 40.0 Å². The van der Waals surface area contributed by atoms with Crippen LogP contribution in [0.25, 0.3) is 0 Å². The molecule has 4 rings (SSSR count). The van der Waals surface area contributed by atoms with Gasteiger partial charge in [0.05, 0.1) is 12.3 Å². The summed E-state index contributed by atoms with van der Waals surface area (Å²) in [5.74, 6) is 0.976. The van der Waals surface area contributed by atoms with E-state index in [1.54, 1.807) is 0 Å². The highest BCUT2D eigenvalue weighted by atomic mass is 35.5. The van der Waals surface area contributed by atoms with Crippen molar-refractivity contribution in [2.75, 3.05) is 11.4 Å². The molecule has 0 spiro atoms. The molecule has 0 bridgehead atoms. The molecule has 0 saturated heterocycles.